The van der Waals surface area contributed by atoms with Crippen molar-refractivity contribution in [3.05, 3.63) is 59.7 Å². The Hall–Kier alpha value is -1.61. The van der Waals surface area contributed by atoms with Crippen molar-refractivity contribution in [1.29, 1.82) is 0 Å². The van der Waals surface area contributed by atoms with Gasteiger partial charge in [-0.05, 0) is 49.9 Å². The molecule has 2 aromatic carbocycles. The number of rotatable bonds is 7. The van der Waals surface area contributed by atoms with Crippen molar-refractivity contribution in [2.24, 2.45) is 0 Å². The molecule has 4 nitrogen and oxygen atoms in total. The topological polar surface area (TPSA) is 58.9 Å². The highest BCUT2D eigenvalue weighted by molar-refractivity contribution is 6.81. The van der Waals surface area contributed by atoms with Gasteiger partial charge in [-0.1, -0.05) is 51.3 Å². The fourth-order valence-corrected chi connectivity index (χ4v) is 10.3. The van der Waals surface area contributed by atoms with Gasteiger partial charge >= 0.3 is 8.56 Å². The monoisotopic (exact) mass is 394 g/mol. The molecule has 0 unspecified atom stereocenters. The minimum Gasteiger partial charge on any atom is -0.508 e. The van der Waals surface area contributed by atoms with E-state index in [1.165, 1.54) is 0 Å². The van der Waals surface area contributed by atoms with Crippen molar-refractivity contribution in [2.45, 2.75) is 53.7 Å². The third-order valence-corrected chi connectivity index (χ3v) is 9.95. The average Bonchev–Trinajstić information content (AvgIpc) is 2.47. The van der Waals surface area contributed by atoms with Gasteiger partial charge in [0.2, 0.25) is 0 Å². The molecular weight excluding hydrogens is 360 g/mol. The second-order valence-corrected chi connectivity index (χ2v) is 14.8. The maximum Gasteiger partial charge on any atom is 0.321 e. The maximum absolute atomic E-state index is 9.97. The lowest BCUT2D eigenvalue weighted by atomic mass is 10.2. The number of phenols is 2. The maximum atomic E-state index is 9.97. The van der Waals surface area contributed by atoms with Gasteiger partial charge in [-0.2, -0.15) is 0 Å². The van der Waals surface area contributed by atoms with Crippen LogP contribution in [0, 0.1) is 0 Å². The molecule has 0 aliphatic rings. The molecule has 0 spiro atoms. The summed E-state index contributed by atoms with van der Waals surface area (Å²) >= 11 is 0. The van der Waals surface area contributed by atoms with E-state index < -0.39 is 16.9 Å². The third-order valence-electron chi connectivity index (χ3n) is 3.70. The fourth-order valence-electron chi connectivity index (χ4n) is 2.73. The predicted molar refractivity (Wildman–Crippen MR) is 114 cm³/mol. The predicted octanol–water partition coefficient (Wildman–Crippen LogP) is 5.59. The van der Waals surface area contributed by atoms with Crippen LogP contribution in [-0.4, -0.2) is 27.1 Å². The number of hydrogen-bond acceptors (Lipinski definition) is 4. The first-order chi connectivity index (χ1) is 11.2. The highest BCUT2D eigenvalue weighted by atomic mass is 28.4. The number of para-hydroxylation sites is 2. The molecule has 0 heterocycles. The zero-order chi connectivity index (χ0) is 17.8. The molecule has 6 heteroatoms. The van der Waals surface area contributed by atoms with E-state index in [4.69, 9.17) is 8.54 Å². The normalized spacial score (nSPS) is 11.4. The van der Waals surface area contributed by atoms with Gasteiger partial charge in [0, 0.05) is 5.56 Å². The van der Waals surface area contributed by atoms with Gasteiger partial charge in [-0.15, -0.1) is 0 Å². The Labute approximate surface area is 160 Å². The number of phenolic OH excluding ortho intramolecular Hbond substituents is 2. The molecular formula is C20H34O4Si2. The standard InChI is InChI=1S/C18H26O4Si2.2CH4/c1-23(2,14-16-10-6-8-12-18(16)20)22-24(3,4)21-13-15-9-5-7-11-17(15)19;;/h5-12,19-20H,13-14H2,1-4H3;2*1H4. The lowest BCUT2D eigenvalue weighted by Gasteiger charge is -2.33. The summed E-state index contributed by atoms with van der Waals surface area (Å²) in [6.07, 6.45) is 0. The zero-order valence-corrected chi connectivity index (χ0v) is 16.7. The molecule has 0 atom stereocenters. The van der Waals surface area contributed by atoms with E-state index in [0.29, 0.717) is 12.4 Å². The van der Waals surface area contributed by atoms with Gasteiger partial charge in [0.15, 0.2) is 8.32 Å². The molecule has 146 valence electrons. The number of benzene rings is 2. The Bertz CT molecular complexity index is 687. The van der Waals surface area contributed by atoms with E-state index in [-0.39, 0.29) is 20.6 Å². The van der Waals surface area contributed by atoms with E-state index >= 15 is 0 Å². The third kappa shape index (κ3) is 7.33. The minimum absolute atomic E-state index is 0. The molecule has 0 bridgehead atoms. The first kappa shape index (κ1) is 24.4. The van der Waals surface area contributed by atoms with E-state index in [0.717, 1.165) is 17.2 Å². The van der Waals surface area contributed by atoms with Gasteiger partial charge in [-0.3, -0.25) is 0 Å². The van der Waals surface area contributed by atoms with Crippen LogP contribution in [0.1, 0.15) is 26.0 Å². The lowest BCUT2D eigenvalue weighted by molar-refractivity contribution is 0.231. The summed E-state index contributed by atoms with van der Waals surface area (Å²) in [4.78, 5) is 0. The van der Waals surface area contributed by atoms with Crippen LogP contribution in [0.2, 0.25) is 26.2 Å². The van der Waals surface area contributed by atoms with Crippen LogP contribution in [0.25, 0.3) is 0 Å². The smallest absolute Gasteiger partial charge is 0.321 e. The van der Waals surface area contributed by atoms with E-state index in [1.54, 1.807) is 18.2 Å². The van der Waals surface area contributed by atoms with E-state index in [1.807, 2.05) is 43.4 Å². The number of hydrogen-bond donors (Lipinski definition) is 2. The molecule has 0 amide bonds. The fraction of sp³-hybridized carbons (Fsp3) is 0.400. The largest absolute Gasteiger partial charge is 0.508 e. The second kappa shape index (κ2) is 9.92. The van der Waals surface area contributed by atoms with Crippen molar-refractivity contribution in [1.82, 2.24) is 0 Å². The summed E-state index contributed by atoms with van der Waals surface area (Å²) in [6, 6.07) is 15.3. The molecule has 0 aliphatic carbocycles. The van der Waals surface area contributed by atoms with Crippen LogP contribution in [0.4, 0.5) is 0 Å². The van der Waals surface area contributed by atoms with Crippen molar-refractivity contribution >= 4 is 16.9 Å². The summed E-state index contributed by atoms with van der Waals surface area (Å²) in [6.45, 7) is 8.65. The molecule has 0 aromatic heterocycles. The SMILES string of the molecule is C.C.C[Si](C)(Cc1ccccc1O)O[Si](C)(C)OCc1ccccc1O. The summed E-state index contributed by atoms with van der Waals surface area (Å²) < 4.78 is 12.4. The summed E-state index contributed by atoms with van der Waals surface area (Å²) in [5, 5.41) is 19.8. The summed E-state index contributed by atoms with van der Waals surface area (Å²) in [7, 11) is -4.40. The van der Waals surface area contributed by atoms with Gasteiger partial charge < -0.3 is 18.8 Å². The van der Waals surface area contributed by atoms with E-state index in [9.17, 15) is 10.2 Å². The number of aromatic hydroxyl groups is 2. The van der Waals surface area contributed by atoms with E-state index in [2.05, 4.69) is 13.1 Å². The van der Waals surface area contributed by atoms with Gasteiger partial charge in [0.05, 0.1) is 6.61 Å². The molecule has 26 heavy (non-hydrogen) atoms. The van der Waals surface area contributed by atoms with Gasteiger partial charge in [0.25, 0.3) is 0 Å². The summed E-state index contributed by atoms with van der Waals surface area (Å²) in [5.41, 5.74) is 1.68. The second-order valence-electron chi connectivity index (χ2n) is 6.98. The molecule has 2 rings (SSSR count). The molecule has 0 saturated carbocycles. The average molecular weight is 395 g/mol. The van der Waals surface area contributed by atoms with Crippen molar-refractivity contribution in [3.63, 3.8) is 0 Å². The lowest BCUT2D eigenvalue weighted by Crippen LogP contribution is -2.48. The Kier molecular flexibility index (Phi) is 9.30. The highest BCUT2D eigenvalue weighted by Gasteiger charge is 2.35. The van der Waals surface area contributed by atoms with Crippen LogP contribution >= 0.6 is 0 Å². The minimum atomic E-state index is -2.35. The molecule has 0 fully saturated rings. The molecule has 0 radical (unpaired) electrons. The molecule has 0 aliphatic heterocycles. The summed E-state index contributed by atoms with van der Waals surface area (Å²) in [5.74, 6) is 0.560. The highest BCUT2D eigenvalue weighted by Crippen LogP contribution is 2.26. The van der Waals surface area contributed by atoms with Gasteiger partial charge in [-0.25, -0.2) is 0 Å². The Morgan fingerprint density at radius 3 is 1.73 bits per heavy atom. The van der Waals surface area contributed by atoms with Crippen LogP contribution in [0.5, 0.6) is 11.5 Å². The van der Waals surface area contributed by atoms with Crippen molar-refractivity contribution in [2.75, 3.05) is 0 Å². The van der Waals surface area contributed by atoms with Gasteiger partial charge in [0.1, 0.15) is 11.5 Å². The van der Waals surface area contributed by atoms with Crippen LogP contribution in [0.3, 0.4) is 0 Å². The Morgan fingerprint density at radius 2 is 1.23 bits per heavy atom. The van der Waals surface area contributed by atoms with Crippen molar-refractivity contribution in [3.8, 4) is 11.5 Å². The van der Waals surface area contributed by atoms with Crippen LogP contribution in [-0.2, 0) is 21.2 Å². The first-order valence-electron chi connectivity index (χ1n) is 8.06. The quantitative estimate of drug-likeness (QED) is 0.601. The Balaban J connectivity index is 0.00000312. The molecule has 0 saturated heterocycles. The van der Waals surface area contributed by atoms with Crippen LogP contribution in [0.15, 0.2) is 48.5 Å². The first-order valence-corrected chi connectivity index (χ1v) is 14.0. The zero-order valence-electron chi connectivity index (χ0n) is 14.7. The molecule has 2 aromatic rings. The van der Waals surface area contributed by atoms with Crippen LogP contribution < -0.4 is 0 Å². The van der Waals surface area contributed by atoms with Crippen molar-refractivity contribution < 1.29 is 18.8 Å². The Morgan fingerprint density at radius 1 is 0.769 bits per heavy atom. The molecule has 2 N–H and O–H groups in total.